The van der Waals surface area contributed by atoms with E-state index < -0.39 is 0 Å². The van der Waals surface area contributed by atoms with Gasteiger partial charge in [-0.25, -0.2) is 9.38 Å². The molecular formula is C19H25FIN3O2. The number of nitrogens with zero attached hydrogens (tertiary/aromatic N) is 1. The number of benzene rings is 2. The van der Waals surface area contributed by atoms with E-state index in [-0.39, 0.29) is 35.8 Å². The van der Waals surface area contributed by atoms with E-state index in [4.69, 9.17) is 15.2 Å². The van der Waals surface area contributed by atoms with Gasteiger partial charge in [-0.3, -0.25) is 0 Å². The molecule has 3 N–H and O–H groups in total. The number of nitrogens with two attached hydrogens (primary N) is 1. The Morgan fingerprint density at radius 1 is 1.12 bits per heavy atom. The minimum atomic E-state index is -0.229. The molecule has 0 atom stereocenters. The molecule has 2 rings (SSSR count). The summed E-state index contributed by atoms with van der Waals surface area (Å²) in [5.74, 6) is 1.40. The van der Waals surface area contributed by atoms with Crippen LogP contribution in [0.3, 0.4) is 0 Å². The molecule has 2 aromatic carbocycles. The van der Waals surface area contributed by atoms with E-state index in [0.29, 0.717) is 36.8 Å². The Bertz CT molecular complexity index is 754. The molecule has 0 aromatic heterocycles. The topological polar surface area (TPSA) is 68.9 Å². The summed E-state index contributed by atoms with van der Waals surface area (Å²) in [6.07, 6.45) is 0. The maximum Gasteiger partial charge on any atom is 0.193 e. The Hall–Kier alpha value is -2.03. The van der Waals surface area contributed by atoms with Crippen molar-refractivity contribution in [2.45, 2.75) is 27.3 Å². The van der Waals surface area contributed by atoms with Crippen LogP contribution < -0.4 is 20.5 Å². The van der Waals surface area contributed by atoms with E-state index in [1.807, 2.05) is 32.0 Å². The van der Waals surface area contributed by atoms with Crippen molar-refractivity contribution >= 4 is 35.6 Å². The minimum absolute atomic E-state index is 0. The molecule has 0 amide bonds. The highest BCUT2D eigenvalue weighted by atomic mass is 127. The summed E-state index contributed by atoms with van der Waals surface area (Å²) in [4.78, 5) is 4.30. The Kier molecular flexibility index (Phi) is 9.18. The normalized spacial score (nSPS) is 10.8. The third kappa shape index (κ3) is 6.36. The van der Waals surface area contributed by atoms with E-state index in [2.05, 4.69) is 10.3 Å². The summed E-state index contributed by atoms with van der Waals surface area (Å²) >= 11 is 0. The van der Waals surface area contributed by atoms with Gasteiger partial charge in [0.15, 0.2) is 5.96 Å². The zero-order chi connectivity index (χ0) is 18.2. The van der Waals surface area contributed by atoms with Crippen LogP contribution in [0.4, 0.5) is 10.1 Å². The lowest BCUT2D eigenvalue weighted by molar-refractivity contribution is 0.332. The first-order chi connectivity index (χ1) is 12.0. The third-order valence-corrected chi connectivity index (χ3v) is 3.48. The van der Waals surface area contributed by atoms with Crippen LogP contribution in [0.2, 0.25) is 0 Å². The number of rotatable bonds is 7. The second-order valence-corrected chi connectivity index (χ2v) is 5.43. The van der Waals surface area contributed by atoms with Gasteiger partial charge in [0, 0.05) is 6.07 Å². The summed E-state index contributed by atoms with van der Waals surface area (Å²) in [6.45, 7) is 7.01. The zero-order valence-corrected chi connectivity index (χ0v) is 17.5. The van der Waals surface area contributed by atoms with Gasteiger partial charge in [0.25, 0.3) is 0 Å². The number of hydrogen-bond donors (Lipinski definition) is 2. The lowest BCUT2D eigenvalue weighted by Gasteiger charge is -2.14. The van der Waals surface area contributed by atoms with Crippen molar-refractivity contribution in [3.8, 4) is 11.5 Å². The average molecular weight is 473 g/mol. The predicted octanol–water partition coefficient (Wildman–Crippen LogP) is 4.48. The van der Waals surface area contributed by atoms with Gasteiger partial charge in [0.1, 0.15) is 17.3 Å². The summed E-state index contributed by atoms with van der Waals surface area (Å²) < 4.78 is 24.4. The van der Waals surface area contributed by atoms with Crippen LogP contribution in [-0.2, 0) is 6.54 Å². The maximum absolute atomic E-state index is 13.3. The van der Waals surface area contributed by atoms with Gasteiger partial charge in [0.2, 0.25) is 0 Å². The largest absolute Gasteiger partial charge is 0.494 e. The molecule has 0 radical (unpaired) electrons. The predicted molar refractivity (Wildman–Crippen MR) is 114 cm³/mol. The molecule has 0 aliphatic carbocycles. The van der Waals surface area contributed by atoms with Gasteiger partial charge < -0.3 is 20.5 Å². The first-order valence-corrected chi connectivity index (χ1v) is 8.25. The van der Waals surface area contributed by atoms with Crippen molar-refractivity contribution in [3.63, 3.8) is 0 Å². The van der Waals surface area contributed by atoms with Gasteiger partial charge in [-0.2, -0.15) is 0 Å². The molecule has 26 heavy (non-hydrogen) atoms. The molecule has 0 saturated carbocycles. The fraction of sp³-hybridized carbons (Fsp3) is 0.316. The smallest absolute Gasteiger partial charge is 0.193 e. The van der Waals surface area contributed by atoms with Gasteiger partial charge in [-0.1, -0.05) is 12.1 Å². The first-order valence-electron chi connectivity index (χ1n) is 8.25. The van der Waals surface area contributed by atoms with Crippen LogP contribution in [0.1, 0.15) is 25.0 Å². The molecule has 0 fully saturated rings. The second kappa shape index (κ2) is 10.8. The second-order valence-electron chi connectivity index (χ2n) is 5.43. The number of anilines is 1. The molecule has 0 spiro atoms. The van der Waals surface area contributed by atoms with Gasteiger partial charge in [0.05, 0.1) is 25.4 Å². The number of aliphatic imine (C=N–C) groups is 1. The Morgan fingerprint density at radius 2 is 1.85 bits per heavy atom. The molecule has 0 unspecified atom stereocenters. The van der Waals surface area contributed by atoms with Crippen molar-refractivity contribution in [2.75, 3.05) is 18.5 Å². The van der Waals surface area contributed by atoms with Crippen molar-refractivity contribution in [3.05, 3.63) is 53.3 Å². The number of guanidine groups is 1. The molecule has 7 heteroatoms. The highest BCUT2D eigenvalue weighted by Crippen LogP contribution is 2.29. The highest BCUT2D eigenvalue weighted by Gasteiger charge is 2.07. The van der Waals surface area contributed by atoms with Crippen molar-refractivity contribution in [1.29, 1.82) is 0 Å². The Morgan fingerprint density at radius 3 is 2.50 bits per heavy atom. The number of ether oxygens (including phenoxy) is 2. The molecule has 0 aliphatic heterocycles. The van der Waals surface area contributed by atoms with Crippen molar-refractivity contribution < 1.29 is 13.9 Å². The summed E-state index contributed by atoms with van der Waals surface area (Å²) in [7, 11) is 0. The molecule has 0 aliphatic rings. The molecule has 0 bridgehead atoms. The van der Waals surface area contributed by atoms with Crippen LogP contribution in [0.15, 0.2) is 41.4 Å². The first kappa shape index (κ1) is 22.0. The quantitative estimate of drug-likeness (QED) is 0.354. The third-order valence-electron chi connectivity index (χ3n) is 3.48. The minimum Gasteiger partial charge on any atom is -0.494 e. The summed E-state index contributed by atoms with van der Waals surface area (Å²) in [6, 6.07) is 10.4. The van der Waals surface area contributed by atoms with Gasteiger partial charge in [-0.15, -0.1) is 24.0 Å². The lowest BCUT2D eigenvalue weighted by Crippen LogP contribution is -2.23. The Balaban J connectivity index is 0.00000338. The van der Waals surface area contributed by atoms with Gasteiger partial charge >= 0.3 is 0 Å². The lowest BCUT2D eigenvalue weighted by atomic mass is 10.1. The molecule has 5 nitrogen and oxygen atoms in total. The molecule has 0 saturated heterocycles. The zero-order valence-electron chi connectivity index (χ0n) is 15.2. The van der Waals surface area contributed by atoms with Crippen molar-refractivity contribution in [2.24, 2.45) is 10.7 Å². The fourth-order valence-corrected chi connectivity index (χ4v) is 2.30. The standard InChI is InChI=1S/C19H24FN3O2.HI/c1-4-24-15-7-9-18(25-5-2)17(11-15)23-19(21)22-12-14-6-8-16(20)13(3)10-14;/h6-11H,4-5,12H2,1-3H3,(H3,21,22,23);1H. The SMILES string of the molecule is CCOc1ccc(OCC)c(NC(N)=NCc2ccc(F)c(C)c2)c1.I. The van der Waals surface area contributed by atoms with Gasteiger partial charge in [-0.05, 0) is 50.1 Å². The van der Waals surface area contributed by atoms with E-state index in [9.17, 15) is 4.39 Å². The molecular weight excluding hydrogens is 448 g/mol. The van der Waals surface area contributed by atoms with E-state index in [1.165, 1.54) is 6.07 Å². The average Bonchev–Trinajstić information content (AvgIpc) is 2.59. The number of aryl methyl sites for hydroxylation is 1. The monoisotopic (exact) mass is 473 g/mol. The van der Waals surface area contributed by atoms with E-state index >= 15 is 0 Å². The van der Waals surface area contributed by atoms with Crippen molar-refractivity contribution in [1.82, 2.24) is 0 Å². The van der Waals surface area contributed by atoms with Crippen LogP contribution >= 0.6 is 24.0 Å². The fourth-order valence-electron chi connectivity index (χ4n) is 2.30. The Labute approximate surface area is 170 Å². The van der Waals surface area contributed by atoms with Crippen LogP contribution in [-0.4, -0.2) is 19.2 Å². The van der Waals surface area contributed by atoms with E-state index in [1.54, 1.807) is 19.1 Å². The molecule has 0 heterocycles. The summed E-state index contributed by atoms with van der Waals surface area (Å²) in [5, 5.41) is 3.04. The molecule has 142 valence electrons. The summed E-state index contributed by atoms with van der Waals surface area (Å²) in [5.41, 5.74) is 8.13. The van der Waals surface area contributed by atoms with Crippen LogP contribution in [0, 0.1) is 12.7 Å². The number of hydrogen-bond acceptors (Lipinski definition) is 3. The molecule has 2 aromatic rings. The van der Waals surface area contributed by atoms with Crippen LogP contribution in [0.25, 0.3) is 0 Å². The number of nitrogens with one attached hydrogen (secondary N) is 1. The maximum atomic E-state index is 13.3. The van der Waals surface area contributed by atoms with Crippen LogP contribution in [0.5, 0.6) is 11.5 Å². The number of halogens is 2. The highest BCUT2D eigenvalue weighted by molar-refractivity contribution is 14.0. The van der Waals surface area contributed by atoms with E-state index in [0.717, 1.165) is 11.3 Å².